The summed E-state index contributed by atoms with van der Waals surface area (Å²) in [5.41, 5.74) is 1.20. The summed E-state index contributed by atoms with van der Waals surface area (Å²) in [5.74, 6) is 2.84. The van der Waals surface area contributed by atoms with Gasteiger partial charge in [0.15, 0.2) is 0 Å². The number of carbonyl (C=O) groups excluding carboxylic acids is 1. The molecule has 4 rings (SSSR count). The SMILES string of the molecule is Cc1cnn(C[C@@H]2CCCCN2C(=O)CC(C2CC2)C2CC2)c1. The van der Waals surface area contributed by atoms with Crippen LogP contribution in [0.3, 0.4) is 0 Å². The number of hydrogen-bond donors (Lipinski definition) is 0. The highest BCUT2D eigenvalue weighted by molar-refractivity contribution is 5.77. The molecule has 3 aliphatic rings. The summed E-state index contributed by atoms with van der Waals surface area (Å²) in [6.07, 6.45) is 13.8. The normalized spacial score (nSPS) is 25.1. The van der Waals surface area contributed by atoms with E-state index in [1.165, 1.54) is 37.7 Å². The van der Waals surface area contributed by atoms with E-state index in [9.17, 15) is 4.79 Å². The first-order chi connectivity index (χ1) is 11.2. The molecule has 1 atom stereocenters. The summed E-state index contributed by atoms with van der Waals surface area (Å²) < 4.78 is 2.02. The molecule has 2 saturated carbocycles. The average Bonchev–Trinajstić information content (AvgIpc) is 3.45. The number of carbonyl (C=O) groups is 1. The van der Waals surface area contributed by atoms with E-state index in [4.69, 9.17) is 0 Å². The maximum atomic E-state index is 13.0. The number of nitrogens with zero attached hydrogens (tertiary/aromatic N) is 3. The van der Waals surface area contributed by atoms with Gasteiger partial charge in [-0.2, -0.15) is 5.10 Å². The second-order valence-electron chi connectivity index (χ2n) is 8.02. The number of aryl methyl sites for hydroxylation is 1. The molecule has 1 saturated heterocycles. The average molecular weight is 315 g/mol. The molecule has 0 aromatic carbocycles. The van der Waals surface area contributed by atoms with E-state index in [0.29, 0.717) is 17.9 Å². The molecule has 1 aliphatic heterocycles. The van der Waals surface area contributed by atoms with Crippen molar-refractivity contribution in [1.82, 2.24) is 14.7 Å². The molecule has 2 aliphatic carbocycles. The van der Waals surface area contributed by atoms with Crippen LogP contribution in [0.4, 0.5) is 0 Å². The van der Waals surface area contributed by atoms with Gasteiger partial charge in [0.05, 0.1) is 18.8 Å². The van der Waals surface area contributed by atoms with Crippen LogP contribution >= 0.6 is 0 Å². The van der Waals surface area contributed by atoms with Crippen molar-refractivity contribution >= 4 is 5.91 Å². The number of rotatable bonds is 6. The van der Waals surface area contributed by atoms with Gasteiger partial charge in [-0.15, -0.1) is 0 Å². The molecule has 4 nitrogen and oxygen atoms in total. The summed E-state index contributed by atoms with van der Waals surface area (Å²) in [6.45, 7) is 3.88. The fraction of sp³-hybridized carbons (Fsp3) is 0.789. The van der Waals surface area contributed by atoms with E-state index in [1.54, 1.807) is 0 Å². The molecule has 126 valence electrons. The Balaban J connectivity index is 1.40. The zero-order valence-corrected chi connectivity index (χ0v) is 14.3. The second kappa shape index (κ2) is 6.29. The number of likely N-dealkylation sites (tertiary alicyclic amines) is 1. The van der Waals surface area contributed by atoms with Crippen molar-refractivity contribution in [3.8, 4) is 0 Å². The van der Waals surface area contributed by atoms with Crippen molar-refractivity contribution < 1.29 is 4.79 Å². The number of aromatic nitrogens is 2. The zero-order chi connectivity index (χ0) is 15.8. The van der Waals surface area contributed by atoms with Gasteiger partial charge in [0.25, 0.3) is 0 Å². The fourth-order valence-corrected chi connectivity index (χ4v) is 4.39. The third-order valence-corrected chi connectivity index (χ3v) is 5.97. The Labute approximate surface area is 139 Å². The van der Waals surface area contributed by atoms with Gasteiger partial charge in [-0.05, 0) is 75.2 Å². The van der Waals surface area contributed by atoms with Crippen LogP contribution < -0.4 is 0 Å². The van der Waals surface area contributed by atoms with Gasteiger partial charge in [-0.3, -0.25) is 9.48 Å². The monoisotopic (exact) mass is 315 g/mol. The predicted molar refractivity (Wildman–Crippen MR) is 89.9 cm³/mol. The van der Waals surface area contributed by atoms with E-state index in [0.717, 1.165) is 44.2 Å². The molecule has 0 bridgehead atoms. The highest BCUT2D eigenvalue weighted by Crippen LogP contribution is 2.51. The van der Waals surface area contributed by atoms with Crippen molar-refractivity contribution in [2.75, 3.05) is 6.54 Å². The van der Waals surface area contributed by atoms with Crippen LogP contribution in [0, 0.1) is 24.7 Å². The highest BCUT2D eigenvalue weighted by atomic mass is 16.2. The molecule has 2 heterocycles. The van der Waals surface area contributed by atoms with Crippen molar-refractivity contribution in [2.45, 2.75) is 70.9 Å². The molecule has 0 radical (unpaired) electrons. The van der Waals surface area contributed by atoms with Crippen LogP contribution in [-0.4, -0.2) is 33.2 Å². The van der Waals surface area contributed by atoms with Crippen molar-refractivity contribution in [3.05, 3.63) is 18.0 Å². The molecule has 3 fully saturated rings. The van der Waals surface area contributed by atoms with Gasteiger partial charge in [0.2, 0.25) is 5.91 Å². The molecular formula is C19H29N3O. The summed E-state index contributed by atoms with van der Waals surface area (Å²) in [4.78, 5) is 15.2. The first-order valence-electron chi connectivity index (χ1n) is 9.49. The highest BCUT2D eigenvalue weighted by Gasteiger charge is 2.43. The minimum atomic E-state index is 0.342. The number of amides is 1. The molecule has 1 aromatic heterocycles. The lowest BCUT2D eigenvalue weighted by Crippen LogP contribution is -2.46. The topological polar surface area (TPSA) is 38.1 Å². The summed E-state index contributed by atoms with van der Waals surface area (Å²) in [7, 11) is 0. The van der Waals surface area contributed by atoms with Crippen molar-refractivity contribution in [1.29, 1.82) is 0 Å². The molecule has 1 aromatic rings. The maximum absolute atomic E-state index is 13.0. The molecule has 1 amide bonds. The second-order valence-corrected chi connectivity index (χ2v) is 8.02. The van der Waals surface area contributed by atoms with Crippen LogP contribution in [0.2, 0.25) is 0 Å². The lowest BCUT2D eigenvalue weighted by molar-refractivity contribution is -0.136. The molecule has 23 heavy (non-hydrogen) atoms. The van der Waals surface area contributed by atoms with Crippen LogP contribution in [0.25, 0.3) is 0 Å². The summed E-state index contributed by atoms with van der Waals surface area (Å²) in [6, 6.07) is 0.342. The summed E-state index contributed by atoms with van der Waals surface area (Å²) >= 11 is 0. The predicted octanol–water partition coefficient (Wildman–Crippen LogP) is 3.40. The van der Waals surface area contributed by atoms with Gasteiger partial charge < -0.3 is 4.90 Å². The van der Waals surface area contributed by atoms with Gasteiger partial charge in [-0.25, -0.2) is 0 Å². The van der Waals surface area contributed by atoms with E-state index < -0.39 is 0 Å². The minimum Gasteiger partial charge on any atom is -0.338 e. The number of piperidine rings is 1. The first-order valence-corrected chi connectivity index (χ1v) is 9.49. The Morgan fingerprint density at radius 3 is 2.57 bits per heavy atom. The van der Waals surface area contributed by atoms with E-state index in [-0.39, 0.29) is 0 Å². The molecule has 0 unspecified atom stereocenters. The minimum absolute atomic E-state index is 0.342. The third-order valence-electron chi connectivity index (χ3n) is 5.97. The van der Waals surface area contributed by atoms with E-state index in [2.05, 4.69) is 23.1 Å². The molecule has 0 spiro atoms. The van der Waals surface area contributed by atoms with Crippen molar-refractivity contribution in [3.63, 3.8) is 0 Å². The van der Waals surface area contributed by atoms with Crippen LogP contribution in [0.1, 0.15) is 56.9 Å². The zero-order valence-electron chi connectivity index (χ0n) is 14.3. The number of hydrogen-bond acceptors (Lipinski definition) is 2. The Morgan fingerprint density at radius 1 is 1.22 bits per heavy atom. The molecule has 0 N–H and O–H groups in total. The Kier molecular flexibility index (Phi) is 4.16. The van der Waals surface area contributed by atoms with Gasteiger partial charge >= 0.3 is 0 Å². The summed E-state index contributed by atoms with van der Waals surface area (Å²) in [5, 5.41) is 4.42. The molecule has 4 heteroatoms. The van der Waals surface area contributed by atoms with Crippen LogP contribution in [-0.2, 0) is 11.3 Å². The largest absolute Gasteiger partial charge is 0.338 e. The van der Waals surface area contributed by atoms with Crippen molar-refractivity contribution in [2.24, 2.45) is 17.8 Å². The third kappa shape index (κ3) is 3.61. The lowest BCUT2D eigenvalue weighted by atomic mass is 9.92. The maximum Gasteiger partial charge on any atom is 0.223 e. The van der Waals surface area contributed by atoms with E-state index in [1.807, 2.05) is 10.9 Å². The molecular weight excluding hydrogens is 286 g/mol. The van der Waals surface area contributed by atoms with Crippen LogP contribution in [0.5, 0.6) is 0 Å². The first kappa shape index (κ1) is 15.2. The van der Waals surface area contributed by atoms with Crippen LogP contribution in [0.15, 0.2) is 12.4 Å². The standard InChI is InChI=1S/C19H29N3O/c1-14-11-20-21(12-14)13-17-4-2-3-9-22(17)19(23)10-18(15-5-6-15)16-7-8-16/h11-12,15-18H,2-10,13H2,1H3/t17-/m0/s1. The Hall–Kier alpha value is -1.32. The van der Waals surface area contributed by atoms with E-state index >= 15 is 0 Å². The van der Waals surface area contributed by atoms with Gasteiger partial charge in [0.1, 0.15) is 0 Å². The van der Waals surface area contributed by atoms with Gasteiger partial charge in [0, 0.05) is 19.2 Å². The lowest BCUT2D eigenvalue weighted by Gasteiger charge is -2.36. The fourth-order valence-electron chi connectivity index (χ4n) is 4.39. The van der Waals surface area contributed by atoms with Gasteiger partial charge in [-0.1, -0.05) is 0 Å². The Morgan fingerprint density at radius 2 is 1.96 bits per heavy atom. The smallest absolute Gasteiger partial charge is 0.223 e. The Bertz CT molecular complexity index is 547. The quantitative estimate of drug-likeness (QED) is 0.807.